The fraction of sp³-hybridized carbons (Fsp3) is 0.407. The zero-order valence-electron chi connectivity index (χ0n) is 21.3. The Morgan fingerprint density at radius 3 is 2.22 bits per heavy atom. The molecule has 0 amide bonds. The summed E-state index contributed by atoms with van der Waals surface area (Å²) in [5.41, 5.74) is 2.31. The van der Waals surface area contributed by atoms with E-state index < -0.39 is 0 Å². The van der Waals surface area contributed by atoms with Gasteiger partial charge in [0.25, 0.3) is 0 Å². The van der Waals surface area contributed by atoms with Gasteiger partial charge in [-0.25, -0.2) is 9.97 Å². The molecule has 0 fully saturated rings. The van der Waals surface area contributed by atoms with Gasteiger partial charge in [-0.3, -0.25) is 0 Å². The molecule has 0 radical (unpaired) electrons. The Balaban J connectivity index is 1.93. The highest BCUT2D eigenvalue weighted by atomic mass is 16.5. The normalized spacial score (nSPS) is 10.6. The van der Waals surface area contributed by atoms with Crippen molar-refractivity contribution in [2.75, 3.05) is 65.8 Å². The predicted octanol–water partition coefficient (Wildman–Crippen LogP) is 4.21. The van der Waals surface area contributed by atoms with Crippen LogP contribution in [0.25, 0.3) is 10.9 Å². The first-order valence-corrected chi connectivity index (χ1v) is 11.8. The second-order valence-electron chi connectivity index (χ2n) is 7.51. The molecule has 0 aliphatic rings. The highest BCUT2D eigenvalue weighted by Gasteiger charge is 2.13. The average molecular weight is 496 g/mol. The summed E-state index contributed by atoms with van der Waals surface area (Å²) in [6.07, 6.45) is 1.50. The summed E-state index contributed by atoms with van der Waals surface area (Å²) in [5.74, 6) is 8.47. The van der Waals surface area contributed by atoms with Gasteiger partial charge in [0.1, 0.15) is 37.7 Å². The van der Waals surface area contributed by atoms with Crippen LogP contribution in [0.4, 0.5) is 11.5 Å². The Kier molecular flexibility index (Phi) is 11.1. The fourth-order valence-electron chi connectivity index (χ4n) is 3.33. The van der Waals surface area contributed by atoms with E-state index in [0.717, 1.165) is 16.6 Å². The summed E-state index contributed by atoms with van der Waals surface area (Å²) in [5, 5.41) is 4.16. The third-order valence-electron chi connectivity index (χ3n) is 4.93. The maximum absolute atomic E-state index is 5.93. The molecular weight excluding hydrogens is 462 g/mol. The minimum atomic E-state index is 0.374. The van der Waals surface area contributed by atoms with Crippen molar-refractivity contribution in [1.82, 2.24) is 9.97 Å². The Morgan fingerprint density at radius 1 is 0.806 bits per heavy atom. The molecule has 3 aromatic rings. The molecule has 0 aliphatic heterocycles. The number of ether oxygens (including phenoxy) is 6. The van der Waals surface area contributed by atoms with Gasteiger partial charge in [-0.15, -0.1) is 5.92 Å². The lowest BCUT2D eigenvalue weighted by atomic mass is 10.1. The first kappa shape index (κ1) is 27.0. The van der Waals surface area contributed by atoms with Crippen LogP contribution < -0.4 is 19.5 Å². The Bertz CT molecular complexity index is 1180. The number of anilines is 2. The molecule has 9 heteroatoms. The highest BCUT2D eigenvalue weighted by molar-refractivity contribution is 5.93. The van der Waals surface area contributed by atoms with Crippen LogP contribution in [0.2, 0.25) is 0 Å². The lowest BCUT2D eigenvalue weighted by Crippen LogP contribution is -2.09. The number of methoxy groups -OCH3 is 2. The highest BCUT2D eigenvalue weighted by Crippen LogP contribution is 2.35. The van der Waals surface area contributed by atoms with E-state index in [0.29, 0.717) is 74.8 Å². The molecule has 0 aliphatic carbocycles. The molecule has 192 valence electrons. The second-order valence-corrected chi connectivity index (χ2v) is 7.51. The Morgan fingerprint density at radius 2 is 1.53 bits per heavy atom. The van der Waals surface area contributed by atoms with Crippen molar-refractivity contribution < 1.29 is 28.4 Å². The number of aromatic nitrogens is 2. The first-order valence-electron chi connectivity index (χ1n) is 11.8. The minimum absolute atomic E-state index is 0.374. The van der Waals surface area contributed by atoms with Crippen molar-refractivity contribution in [3.05, 3.63) is 42.2 Å². The zero-order chi connectivity index (χ0) is 25.6. The van der Waals surface area contributed by atoms with Crippen molar-refractivity contribution in [2.45, 2.75) is 13.8 Å². The van der Waals surface area contributed by atoms with Crippen LogP contribution in [0.15, 0.2) is 36.7 Å². The minimum Gasteiger partial charge on any atom is -0.491 e. The summed E-state index contributed by atoms with van der Waals surface area (Å²) in [4.78, 5) is 8.91. The van der Waals surface area contributed by atoms with E-state index in [9.17, 15) is 0 Å². The molecule has 36 heavy (non-hydrogen) atoms. The number of fused-ring (bicyclic) bond motifs is 1. The van der Waals surface area contributed by atoms with Gasteiger partial charge in [-0.05, 0) is 32.0 Å². The zero-order valence-corrected chi connectivity index (χ0v) is 21.3. The van der Waals surface area contributed by atoms with E-state index in [1.54, 1.807) is 21.1 Å². The third-order valence-corrected chi connectivity index (χ3v) is 4.93. The lowest BCUT2D eigenvalue weighted by molar-refractivity contribution is 0.110. The van der Waals surface area contributed by atoms with Crippen molar-refractivity contribution in [3.63, 3.8) is 0 Å². The molecular formula is C27H33N3O6. The van der Waals surface area contributed by atoms with E-state index in [1.807, 2.05) is 37.3 Å². The summed E-state index contributed by atoms with van der Waals surface area (Å²) in [7, 11) is 3.25. The molecule has 1 aromatic heterocycles. The smallest absolute Gasteiger partial charge is 0.163 e. The van der Waals surface area contributed by atoms with Crippen LogP contribution in [0.1, 0.15) is 19.4 Å². The predicted molar refractivity (Wildman–Crippen MR) is 139 cm³/mol. The van der Waals surface area contributed by atoms with E-state index in [4.69, 9.17) is 28.4 Å². The molecule has 0 unspecified atom stereocenters. The molecule has 2 aromatic carbocycles. The largest absolute Gasteiger partial charge is 0.491 e. The SMILES string of the molecule is CC#Cc1cc(Nc2ncnc3cc(OCCOC)c(OCCOC)cc23)cc(OCCOCC)c1. The average Bonchev–Trinajstić information content (AvgIpc) is 2.87. The Labute approximate surface area is 212 Å². The van der Waals surface area contributed by atoms with Gasteiger partial charge in [0.05, 0.1) is 25.3 Å². The van der Waals surface area contributed by atoms with Gasteiger partial charge in [-0.1, -0.05) is 5.92 Å². The van der Waals surface area contributed by atoms with Gasteiger partial charge in [0.2, 0.25) is 0 Å². The molecule has 1 heterocycles. The van der Waals surface area contributed by atoms with Crippen LogP contribution in [-0.4, -0.2) is 70.4 Å². The summed E-state index contributed by atoms with van der Waals surface area (Å²) in [6.45, 7) is 7.02. The summed E-state index contributed by atoms with van der Waals surface area (Å²) in [6, 6.07) is 9.44. The topological polar surface area (TPSA) is 93.2 Å². The standard InChI is InChI=1S/C27H33N3O6/c1-5-7-20-14-21(16-22(15-20)34-13-10-33-6-2)30-27-23-17-25(35-11-8-31-3)26(36-12-9-32-4)18-24(23)28-19-29-27/h14-19H,6,8-13H2,1-4H3,(H,28,29,30). The second kappa shape index (κ2) is 14.7. The summed E-state index contributed by atoms with van der Waals surface area (Å²) < 4.78 is 33.3. The first-order chi connectivity index (χ1) is 17.7. The van der Waals surface area contributed by atoms with Gasteiger partial charge >= 0.3 is 0 Å². The van der Waals surface area contributed by atoms with E-state index in [1.165, 1.54) is 6.33 Å². The molecule has 1 N–H and O–H groups in total. The van der Waals surface area contributed by atoms with Crippen LogP contribution in [0.5, 0.6) is 17.2 Å². The number of hydrogen-bond donors (Lipinski definition) is 1. The van der Waals surface area contributed by atoms with Gasteiger partial charge < -0.3 is 33.7 Å². The van der Waals surface area contributed by atoms with Crippen LogP contribution in [-0.2, 0) is 14.2 Å². The van der Waals surface area contributed by atoms with E-state index in [-0.39, 0.29) is 0 Å². The molecule has 0 atom stereocenters. The number of nitrogens with one attached hydrogen (secondary N) is 1. The molecule has 0 saturated carbocycles. The lowest BCUT2D eigenvalue weighted by Gasteiger charge is -2.15. The molecule has 0 spiro atoms. The maximum atomic E-state index is 5.93. The number of hydrogen-bond acceptors (Lipinski definition) is 9. The monoisotopic (exact) mass is 495 g/mol. The quantitative estimate of drug-likeness (QED) is 0.246. The van der Waals surface area contributed by atoms with Crippen molar-refractivity contribution in [2.24, 2.45) is 0 Å². The third kappa shape index (κ3) is 7.99. The van der Waals surface area contributed by atoms with Gasteiger partial charge in [-0.2, -0.15) is 0 Å². The van der Waals surface area contributed by atoms with Crippen molar-refractivity contribution in [1.29, 1.82) is 0 Å². The number of rotatable bonds is 15. The number of nitrogens with zero attached hydrogens (tertiary/aromatic N) is 2. The maximum Gasteiger partial charge on any atom is 0.163 e. The van der Waals surface area contributed by atoms with Crippen LogP contribution >= 0.6 is 0 Å². The molecule has 3 rings (SSSR count). The van der Waals surface area contributed by atoms with E-state index >= 15 is 0 Å². The van der Waals surface area contributed by atoms with Crippen LogP contribution in [0.3, 0.4) is 0 Å². The van der Waals surface area contributed by atoms with Crippen molar-refractivity contribution in [3.8, 4) is 29.1 Å². The van der Waals surface area contributed by atoms with E-state index in [2.05, 4.69) is 27.1 Å². The van der Waals surface area contributed by atoms with Gasteiger partial charge in [0, 0.05) is 49.6 Å². The molecule has 0 bridgehead atoms. The molecule has 9 nitrogen and oxygen atoms in total. The molecule has 0 saturated heterocycles. The van der Waals surface area contributed by atoms with Crippen molar-refractivity contribution >= 4 is 22.4 Å². The fourth-order valence-corrected chi connectivity index (χ4v) is 3.33. The Hall–Kier alpha value is -3.58. The van der Waals surface area contributed by atoms with Gasteiger partial charge in [0.15, 0.2) is 11.5 Å². The number of benzene rings is 2. The van der Waals surface area contributed by atoms with Crippen LogP contribution in [0, 0.1) is 11.8 Å². The summed E-state index contributed by atoms with van der Waals surface area (Å²) >= 11 is 0.